The van der Waals surface area contributed by atoms with Crippen LogP contribution in [-0.4, -0.2) is 23.6 Å². The van der Waals surface area contributed by atoms with Crippen molar-refractivity contribution in [3.8, 4) is 0 Å². The van der Waals surface area contributed by atoms with Crippen LogP contribution in [0.3, 0.4) is 0 Å². The van der Waals surface area contributed by atoms with E-state index in [2.05, 4.69) is 48.5 Å². The van der Waals surface area contributed by atoms with E-state index >= 15 is 0 Å². The first-order chi connectivity index (χ1) is 8.74. The van der Waals surface area contributed by atoms with Crippen molar-refractivity contribution in [2.45, 2.75) is 38.6 Å². The monoisotopic (exact) mass is 262 g/mol. The molecule has 0 spiro atoms. The minimum atomic E-state index is 0.437. The summed E-state index contributed by atoms with van der Waals surface area (Å²) < 4.78 is 0. The van der Waals surface area contributed by atoms with Crippen molar-refractivity contribution in [1.29, 1.82) is 0 Å². The summed E-state index contributed by atoms with van der Waals surface area (Å²) in [6.45, 7) is 3.11. The Morgan fingerprint density at radius 1 is 1.44 bits per heavy atom. The van der Waals surface area contributed by atoms with Gasteiger partial charge in [-0.3, -0.25) is 0 Å². The SMILES string of the molecule is CCCNC(=S)N(C)[C@H]1CCCc2ccccc21. The van der Waals surface area contributed by atoms with Crippen LogP contribution in [0, 0.1) is 0 Å². The lowest BCUT2D eigenvalue weighted by Gasteiger charge is -2.35. The second-order valence-corrected chi connectivity index (χ2v) is 5.34. The van der Waals surface area contributed by atoms with Gasteiger partial charge in [0.2, 0.25) is 0 Å². The Kier molecular flexibility index (Phi) is 4.59. The van der Waals surface area contributed by atoms with E-state index in [1.165, 1.54) is 30.4 Å². The molecule has 18 heavy (non-hydrogen) atoms. The van der Waals surface area contributed by atoms with Crippen LogP contribution >= 0.6 is 12.2 Å². The third-order valence-corrected chi connectivity index (χ3v) is 4.08. The van der Waals surface area contributed by atoms with Crippen molar-refractivity contribution in [2.24, 2.45) is 0 Å². The van der Waals surface area contributed by atoms with Gasteiger partial charge in [0.05, 0.1) is 6.04 Å². The van der Waals surface area contributed by atoms with Gasteiger partial charge in [-0.15, -0.1) is 0 Å². The summed E-state index contributed by atoms with van der Waals surface area (Å²) in [6, 6.07) is 9.20. The van der Waals surface area contributed by atoms with E-state index in [9.17, 15) is 0 Å². The molecule has 1 aliphatic carbocycles. The third kappa shape index (κ3) is 2.83. The van der Waals surface area contributed by atoms with Crippen LogP contribution in [0.25, 0.3) is 0 Å². The smallest absolute Gasteiger partial charge is 0.169 e. The predicted octanol–water partition coefficient (Wildman–Crippen LogP) is 3.28. The Morgan fingerprint density at radius 2 is 2.22 bits per heavy atom. The lowest BCUT2D eigenvalue weighted by atomic mass is 9.87. The Bertz CT molecular complexity index is 417. The fraction of sp³-hybridized carbons (Fsp3) is 0.533. The zero-order chi connectivity index (χ0) is 13.0. The molecule has 98 valence electrons. The normalized spacial score (nSPS) is 18.0. The number of fused-ring (bicyclic) bond motifs is 1. The highest BCUT2D eigenvalue weighted by atomic mass is 32.1. The Hall–Kier alpha value is -1.09. The maximum absolute atomic E-state index is 5.47. The quantitative estimate of drug-likeness (QED) is 0.842. The average molecular weight is 262 g/mol. The topological polar surface area (TPSA) is 15.3 Å². The van der Waals surface area contributed by atoms with Gasteiger partial charge in [0, 0.05) is 13.6 Å². The van der Waals surface area contributed by atoms with Crippen molar-refractivity contribution in [3.05, 3.63) is 35.4 Å². The number of hydrogen-bond acceptors (Lipinski definition) is 1. The van der Waals surface area contributed by atoms with Gasteiger partial charge in [-0.25, -0.2) is 0 Å². The second-order valence-electron chi connectivity index (χ2n) is 4.95. The zero-order valence-corrected chi connectivity index (χ0v) is 12.1. The lowest BCUT2D eigenvalue weighted by molar-refractivity contribution is 0.328. The van der Waals surface area contributed by atoms with Gasteiger partial charge in [0.15, 0.2) is 5.11 Å². The summed E-state index contributed by atoms with van der Waals surface area (Å²) in [6.07, 6.45) is 4.76. The van der Waals surface area contributed by atoms with E-state index in [1.807, 2.05) is 0 Å². The van der Waals surface area contributed by atoms with Crippen LogP contribution in [0.2, 0.25) is 0 Å². The number of thiocarbonyl (C=S) groups is 1. The molecule has 2 nitrogen and oxygen atoms in total. The first-order valence-electron chi connectivity index (χ1n) is 6.82. The van der Waals surface area contributed by atoms with Crippen LogP contribution in [0.1, 0.15) is 43.4 Å². The molecule has 1 aliphatic rings. The molecule has 3 heteroatoms. The van der Waals surface area contributed by atoms with Crippen molar-refractivity contribution in [3.63, 3.8) is 0 Å². The maximum atomic E-state index is 5.47. The second kappa shape index (κ2) is 6.19. The molecule has 0 amide bonds. The van der Waals surface area contributed by atoms with Crippen LogP contribution < -0.4 is 5.32 Å². The predicted molar refractivity (Wildman–Crippen MR) is 80.8 cm³/mol. The van der Waals surface area contributed by atoms with E-state index in [0.29, 0.717) is 6.04 Å². The standard InChI is InChI=1S/C15H22N2S/c1-3-11-16-15(18)17(2)14-10-6-8-12-7-4-5-9-13(12)14/h4-5,7,9,14H,3,6,8,10-11H2,1-2H3,(H,16,18)/t14-/m0/s1. The summed E-state index contributed by atoms with van der Waals surface area (Å²) in [7, 11) is 2.11. The van der Waals surface area contributed by atoms with Crippen molar-refractivity contribution >= 4 is 17.3 Å². The van der Waals surface area contributed by atoms with E-state index in [-0.39, 0.29) is 0 Å². The van der Waals surface area contributed by atoms with E-state index in [1.54, 1.807) is 0 Å². The number of hydrogen-bond donors (Lipinski definition) is 1. The molecule has 2 rings (SSSR count). The molecule has 0 fully saturated rings. The Labute approximate surface area is 115 Å². The molecule has 0 radical (unpaired) electrons. The van der Waals surface area contributed by atoms with Crippen LogP contribution in [0.5, 0.6) is 0 Å². The Balaban J connectivity index is 2.12. The molecule has 0 aliphatic heterocycles. The zero-order valence-electron chi connectivity index (χ0n) is 11.3. The molecule has 0 bridgehead atoms. The van der Waals surface area contributed by atoms with Gasteiger partial charge in [-0.05, 0) is 49.0 Å². The van der Waals surface area contributed by atoms with Gasteiger partial charge in [0.25, 0.3) is 0 Å². The van der Waals surface area contributed by atoms with E-state index < -0.39 is 0 Å². The summed E-state index contributed by atoms with van der Waals surface area (Å²) in [4.78, 5) is 2.23. The highest BCUT2D eigenvalue weighted by molar-refractivity contribution is 7.80. The van der Waals surface area contributed by atoms with Crippen molar-refractivity contribution < 1.29 is 0 Å². The first kappa shape index (κ1) is 13.3. The van der Waals surface area contributed by atoms with E-state index in [0.717, 1.165) is 18.1 Å². The molecule has 1 aromatic rings. The van der Waals surface area contributed by atoms with Gasteiger partial charge in [0.1, 0.15) is 0 Å². The molecule has 0 saturated carbocycles. The minimum Gasteiger partial charge on any atom is -0.363 e. The number of rotatable bonds is 3. The van der Waals surface area contributed by atoms with E-state index in [4.69, 9.17) is 12.2 Å². The summed E-state index contributed by atoms with van der Waals surface area (Å²) in [5.74, 6) is 0. The highest BCUT2D eigenvalue weighted by Crippen LogP contribution is 2.33. The van der Waals surface area contributed by atoms with Crippen LogP contribution in [0.15, 0.2) is 24.3 Å². The molecule has 1 atom stereocenters. The number of nitrogens with zero attached hydrogens (tertiary/aromatic N) is 1. The summed E-state index contributed by atoms with van der Waals surface area (Å²) in [5.41, 5.74) is 2.94. The summed E-state index contributed by atoms with van der Waals surface area (Å²) in [5, 5.41) is 4.19. The molecular formula is C15H22N2S. The Morgan fingerprint density at radius 3 is 3.00 bits per heavy atom. The number of aryl methyl sites for hydroxylation is 1. The number of benzene rings is 1. The fourth-order valence-electron chi connectivity index (χ4n) is 2.63. The fourth-order valence-corrected chi connectivity index (χ4v) is 2.86. The van der Waals surface area contributed by atoms with Gasteiger partial charge >= 0.3 is 0 Å². The minimum absolute atomic E-state index is 0.437. The van der Waals surface area contributed by atoms with Gasteiger partial charge in [-0.2, -0.15) is 0 Å². The molecule has 0 aromatic heterocycles. The molecule has 0 heterocycles. The van der Waals surface area contributed by atoms with Gasteiger partial charge < -0.3 is 10.2 Å². The third-order valence-electron chi connectivity index (χ3n) is 3.65. The molecular weight excluding hydrogens is 240 g/mol. The molecule has 0 unspecified atom stereocenters. The van der Waals surface area contributed by atoms with Crippen molar-refractivity contribution in [2.75, 3.05) is 13.6 Å². The first-order valence-corrected chi connectivity index (χ1v) is 7.23. The van der Waals surface area contributed by atoms with Crippen molar-refractivity contribution in [1.82, 2.24) is 10.2 Å². The average Bonchev–Trinajstić information content (AvgIpc) is 2.43. The largest absolute Gasteiger partial charge is 0.363 e. The molecule has 0 saturated heterocycles. The maximum Gasteiger partial charge on any atom is 0.169 e. The van der Waals surface area contributed by atoms with Crippen LogP contribution in [-0.2, 0) is 6.42 Å². The van der Waals surface area contributed by atoms with Gasteiger partial charge in [-0.1, -0.05) is 31.2 Å². The molecule has 1 N–H and O–H groups in total. The van der Waals surface area contributed by atoms with Crippen LogP contribution in [0.4, 0.5) is 0 Å². The number of nitrogens with one attached hydrogen (secondary N) is 1. The lowest BCUT2D eigenvalue weighted by Crippen LogP contribution is -2.40. The molecule has 1 aromatic carbocycles. The highest BCUT2D eigenvalue weighted by Gasteiger charge is 2.24. The summed E-state index contributed by atoms with van der Waals surface area (Å²) >= 11 is 5.47.